The minimum atomic E-state index is -6.26. The normalized spacial score (nSPS) is 18.9. The van der Waals surface area contributed by atoms with Gasteiger partial charge in [0.2, 0.25) is 10.9 Å². The summed E-state index contributed by atoms with van der Waals surface area (Å²) in [4.78, 5) is 77.9. The molecule has 0 aliphatic heterocycles. The molecule has 0 saturated heterocycles. The monoisotopic (exact) mass is 1830 g/mol. The number of rotatable bonds is 21. The Bertz CT molecular complexity index is 5860. The maximum atomic E-state index is 13.1. The molecule has 6 unspecified atom stereocenters. The Morgan fingerprint density at radius 3 is 1.19 bits per heavy atom. The number of alkyl halides is 10. The molecule has 0 N–H and O–H groups in total. The molecule has 4 bridgehead atoms. The molecular formula is C80H74F10NO23S7-. The molecule has 24 nitrogen and oxygen atoms in total. The average molecular weight is 1830 g/mol. The molecule has 3 heterocycles. The summed E-state index contributed by atoms with van der Waals surface area (Å²) >= 11 is -0.860. The summed E-state index contributed by atoms with van der Waals surface area (Å²) in [5, 5.41) is 3.92. The molecule has 121 heavy (non-hydrogen) atoms. The van der Waals surface area contributed by atoms with Crippen molar-refractivity contribution in [2.75, 3.05) is 37.9 Å². The van der Waals surface area contributed by atoms with Crippen LogP contribution in [0.15, 0.2) is 215 Å². The Balaban J connectivity index is 0.000000172. The van der Waals surface area contributed by atoms with Gasteiger partial charge < -0.3 is 23.8 Å². The van der Waals surface area contributed by atoms with E-state index in [4.69, 9.17) is 4.18 Å². The number of Topliss-reactive ketones (excluding diaryl/α,β-unsaturated/α-hetero) is 2. The fraction of sp³-hybridized carbons (Fsp3) is 0.338. The number of esters is 2. The summed E-state index contributed by atoms with van der Waals surface area (Å²) in [6.07, 6.45) is -2.50. The lowest BCUT2D eigenvalue weighted by atomic mass is 9.70. The van der Waals surface area contributed by atoms with Gasteiger partial charge in [0.25, 0.3) is 20.2 Å². The molecule has 4 fully saturated rings. The van der Waals surface area contributed by atoms with E-state index in [1.807, 2.05) is 138 Å². The summed E-state index contributed by atoms with van der Waals surface area (Å²) < 4.78 is 265. The summed E-state index contributed by atoms with van der Waals surface area (Å²) in [6.45, 7) is 5.83. The molecular weight excluding hydrogens is 1760 g/mol. The number of hydrogen-bond donors (Lipinski definition) is 0. The van der Waals surface area contributed by atoms with Gasteiger partial charge in [-0.2, -0.15) is 65.1 Å². The highest BCUT2D eigenvalue weighted by Crippen LogP contribution is 2.66. The third kappa shape index (κ3) is 21.9. The van der Waals surface area contributed by atoms with E-state index < -0.39 is 179 Å². The second-order valence-corrected chi connectivity index (χ2v) is 39.8. The first-order valence-electron chi connectivity index (χ1n) is 36.0. The number of carbonyl (C=O) groups is 4. The Hall–Kier alpha value is -9.08. The van der Waals surface area contributed by atoms with Crippen LogP contribution in [-0.2, 0) is 99.2 Å². The molecule has 10 aromatic rings. The molecule has 41 heteroatoms. The Morgan fingerprint density at radius 2 is 0.860 bits per heavy atom. The minimum absolute atomic E-state index is 0.0810. The predicted molar refractivity (Wildman–Crippen MR) is 424 cm³/mol. The number of benzene rings is 7. The van der Waals surface area contributed by atoms with Crippen LogP contribution < -0.4 is 16.1 Å². The number of halogens is 10. The number of ether oxygens (including phenoxy) is 2. The molecule has 6 atom stereocenters. The topological polar surface area (TPSA) is 376 Å². The van der Waals surface area contributed by atoms with Crippen LogP contribution in [0.1, 0.15) is 82.9 Å². The van der Waals surface area contributed by atoms with E-state index in [0.717, 1.165) is 55.4 Å². The van der Waals surface area contributed by atoms with Gasteiger partial charge in [0, 0.05) is 46.2 Å². The van der Waals surface area contributed by atoms with Crippen LogP contribution in [0.25, 0.3) is 50.1 Å². The number of aromatic nitrogens is 1. The van der Waals surface area contributed by atoms with E-state index in [1.165, 1.54) is 24.3 Å². The average Bonchev–Trinajstić information content (AvgIpc) is 1.59. The van der Waals surface area contributed by atoms with Crippen LogP contribution in [0.5, 0.6) is 0 Å². The standard InChI is InChI=1S/2C20H12F3OS.2C14H20F2O9S2.C7H8O3S.C5H5N/c2*21-20(22,23)13-10-11-18-16(12-13)19(24)15-8-4-5-9-17(15)25(18)14-6-2-1-3-7-14;1-12(2)9-3-4-13(12,10(17)7-9)8-26(19,20)25-6-5-24-11(18)14(15,16)27(21,22)23;1-12(2)9-3-4-13(12,10(17)7-9)8-27(20,21)23-6-5-22-11(18)14(15,16)26-25-24-19;1-6-2-4-7(5-3-6)11(8,9)10;1-2-4-6-5-3-1/h2*1-12H;9H,3-8H2,1-2H3,(H,21,22,23);9,19H,3-8H2,1-2H3;2-5H,1H3,(H,8,9,10);1-5H/q2*+1;;;;/p-3. The quantitative estimate of drug-likeness (QED) is 0.00616. The number of pyridine rings is 1. The molecule has 14 rings (SSSR count). The molecule has 650 valence electrons. The van der Waals surface area contributed by atoms with Gasteiger partial charge in [-0.15, -0.1) is 0 Å². The molecule has 4 saturated carbocycles. The highest BCUT2D eigenvalue weighted by Gasteiger charge is 2.67. The Labute approximate surface area is 695 Å². The first kappa shape index (κ1) is 95.8. The van der Waals surface area contributed by atoms with Gasteiger partial charge in [-0.1, -0.05) is 112 Å². The highest BCUT2D eigenvalue weighted by atomic mass is 32.2. The van der Waals surface area contributed by atoms with E-state index in [9.17, 15) is 121 Å². The summed E-state index contributed by atoms with van der Waals surface area (Å²) in [6, 6.07) is 51.9. The number of fused-ring (bicyclic) bond motifs is 8. The van der Waals surface area contributed by atoms with Gasteiger partial charge in [0.05, 0.1) is 59.9 Å². The SMILES string of the molecule is CC1(C)C2CCC1(CS(=O)(=O)OCCOC(=O)C(F)(F)S(=O)(=O)[O-])C(=O)C2.CC1(C)C2CCC1(CS(=O)(=O)OCCOC(=O)C(F)(F)SOO[O-])C(=O)C2.Cc1ccc(S(=O)(=O)[O-])cc1.O=c1c2ccccc2[s+](-c2ccccc2)c2ccc(C(F)(F)F)cc12.O=c1c2ccccc2[s+](-c2ccccc2)c2ccc(C(F)(F)F)cc12.c1ccncc1. The molecule has 4 aliphatic rings. The molecule has 3 aromatic heterocycles. The van der Waals surface area contributed by atoms with Crippen molar-refractivity contribution in [3.05, 3.63) is 238 Å². The number of ketones is 2. The summed E-state index contributed by atoms with van der Waals surface area (Å²) in [5.41, 5.74) is -4.48. The van der Waals surface area contributed by atoms with Crippen molar-refractivity contribution < 1.29 is 138 Å². The van der Waals surface area contributed by atoms with E-state index in [-0.39, 0.29) is 49.9 Å². The third-order valence-electron chi connectivity index (χ3n) is 21.3. The molecule has 0 radical (unpaired) electrons. The second-order valence-electron chi connectivity index (χ2n) is 29.0. The first-order chi connectivity index (χ1) is 56.4. The smallest absolute Gasteiger partial charge is 0.428 e. The number of hydrogen-bond acceptors (Lipinski definition) is 25. The molecule has 0 amide bonds. The van der Waals surface area contributed by atoms with Gasteiger partial charge in [0.1, 0.15) is 60.2 Å². The van der Waals surface area contributed by atoms with Gasteiger partial charge >= 0.3 is 34.8 Å². The van der Waals surface area contributed by atoms with Gasteiger partial charge in [-0.05, 0) is 164 Å². The minimum Gasteiger partial charge on any atom is -0.744 e. The van der Waals surface area contributed by atoms with Crippen molar-refractivity contribution in [1.29, 1.82) is 0 Å². The van der Waals surface area contributed by atoms with Crippen LogP contribution in [-0.4, -0.2) is 120 Å². The maximum Gasteiger partial charge on any atom is 0.428 e. The lowest BCUT2D eigenvalue weighted by Gasteiger charge is -2.35. The second kappa shape index (κ2) is 38.0. The van der Waals surface area contributed by atoms with Crippen molar-refractivity contribution >= 4 is 137 Å². The van der Waals surface area contributed by atoms with Gasteiger partial charge in [0.15, 0.2) is 38.7 Å². The largest absolute Gasteiger partial charge is 0.744 e. The first-order valence-corrected chi connectivity index (χ1v) is 45.2. The van der Waals surface area contributed by atoms with Crippen LogP contribution in [0, 0.1) is 40.4 Å². The number of aryl methyl sites for hydroxylation is 1. The summed E-state index contributed by atoms with van der Waals surface area (Å²) in [5.74, 6) is -5.84. The fourth-order valence-electron chi connectivity index (χ4n) is 14.8. The number of nitrogens with zero attached hydrogens (tertiary/aromatic N) is 1. The van der Waals surface area contributed by atoms with Crippen LogP contribution >= 0.6 is 33.0 Å². The van der Waals surface area contributed by atoms with E-state index in [1.54, 1.807) is 48.8 Å². The van der Waals surface area contributed by atoms with E-state index >= 15 is 0 Å². The van der Waals surface area contributed by atoms with Crippen LogP contribution in [0.3, 0.4) is 0 Å². The molecule has 0 spiro atoms. The molecule has 7 aromatic carbocycles. The zero-order valence-corrected chi connectivity index (χ0v) is 69.9. The van der Waals surface area contributed by atoms with E-state index in [2.05, 4.69) is 28.0 Å². The lowest BCUT2D eigenvalue weighted by Crippen LogP contribution is -2.43. The predicted octanol–water partition coefficient (Wildman–Crippen LogP) is 15.3. The van der Waals surface area contributed by atoms with Gasteiger partial charge in [-0.25, -0.2) is 26.4 Å². The van der Waals surface area contributed by atoms with Crippen molar-refractivity contribution in [1.82, 2.24) is 4.98 Å². The Kier molecular flexibility index (Phi) is 30.0. The maximum absolute atomic E-state index is 13.1. The summed E-state index contributed by atoms with van der Waals surface area (Å²) in [7, 11) is -20.1. The van der Waals surface area contributed by atoms with Gasteiger partial charge in [-0.3, -0.25) is 37.6 Å². The van der Waals surface area contributed by atoms with Crippen molar-refractivity contribution in [3.8, 4) is 9.79 Å². The Morgan fingerprint density at radius 1 is 0.488 bits per heavy atom. The number of carbonyl (C=O) groups excluding carboxylic acids is 4. The highest BCUT2D eigenvalue weighted by molar-refractivity contribution is 7.96. The van der Waals surface area contributed by atoms with Crippen molar-refractivity contribution in [2.45, 2.75) is 101 Å². The zero-order valence-electron chi connectivity index (χ0n) is 64.2. The van der Waals surface area contributed by atoms with E-state index in [0.29, 0.717) is 52.3 Å². The van der Waals surface area contributed by atoms with Crippen LogP contribution in [0.2, 0.25) is 0 Å². The lowest BCUT2D eigenvalue weighted by molar-refractivity contribution is -0.777. The van der Waals surface area contributed by atoms with Crippen LogP contribution in [0.4, 0.5) is 43.9 Å². The van der Waals surface area contributed by atoms with Crippen molar-refractivity contribution in [3.63, 3.8) is 0 Å². The fourth-order valence-corrected chi connectivity index (χ4v) is 23.8. The zero-order chi connectivity index (χ0) is 89.3. The third-order valence-corrected chi connectivity index (χ3v) is 30.9. The molecule has 4 aliphatic carbocycles. The van der Waals surface area contributed by atoms with Crippen molar-refractivity contribution in [2.24, 2.45) is 33.5 Å².